The molecule has 124 valence electrons. The lowest BCUT2D eigenvalue weighted by Gasteiger charge is -2.18. The van der Waals surface area contributed by atoms with Gasteiger partial charge in [0, 0.05) is 6.42 Å². The van der Waals surface area contributed by atoms with Gasteiger partial charge in [0.25, 0.3) is 0 Å². The summed E-state index contributed by atoms with van der Waals surface area (Å²) in [5, 5.41) is 0. The van der Waals surface area contributed by atoms with E-state index in [1.807, 2.05) is 43.3 Å². The maximum Gasteiger partial charge on any atom is 0.241 e. The highest BCUT2D eigenvalue weighted by molar-refractivity contribution is 7.89. The molecule has 0 spiro atoms. The molecule has 0 saturated carbocycles. The Bertz CT molecular complexity index is 870. The maximum absolute atomic E-state index is 12.7. The van der Waals surface area contributed by atoms with Gasteiger partial charge in [-0.15, -0.1) is 0 Å². The second-order valence-electron chi connectivity index (χ2n) is 5.68. The Hall–Kier alpha value is -2.37. The Labute approximate surface area is 142 Å². The van der Waals surface area contributed by atoms with E-state index in [-0.39, 0.29) is 4.90 Å². The number of furan rings is 1. The molecule has 3 rings (SSSR count). The Kier molecular flexibility index (Phi) is 4.83. The van der Waals surface area contributed by atoms with Gasteiger partial charge in [-0.3, -0.25) is 0 Å². The molecule has 0 aliphatic heterocycles. The second kappa shape index (κ2) is 7.03. The molecule has 0 radical (unpaired) electrons. The van der Waals surface area contributed by atoms with Gasteiger partial charge in [-0.05, 0) is 36.8 Å². The van der Waals surface area contributed by atoms with Crippen LogP contribution < -0.4 is 4.72 Å². The van der Waals surface area contributed by atoms with E-state index >= 15 is 0 Å². The number of rotatable bonds is 6. The Morgan fingerprint density at radius 2 is 1.67 bits per heavy atom. The van der Waals surface area contributed by atoms with E-state index in [1.54, 1.807) is 36.6 Å². The average Bonchev–Trinajstić information content (AvgIpc) is 3.08. The maximum atomic E-state index is 12.7. The highest BCUT2D eigenvalue weighted by Gasteiger charge is 2.22. The van der Waals surface area contributed by atoms with E-state index < -0.39 is 16.1 Å². The minimum atomic E-state index is -3.62. The number of hydrogen-bond donors (Lipinski definition) is 1. The molecule has 0 aliphatic rings. The zero-order chi connectivity index (χ0) is 17.0. The van der Waals surface area contributed by atoms with Crippen LogP contribution in [-0.4, -0.2) is 8.42 Å². The van der Waals surface area contributed by atoms with Gasteiger partial charge < -0.3 is 4.42 Å². The van der Waals surface area contributed by atoms with Gasteiger partial charge in [0.05, 0.1) is 17.2 Å². The molecule has 0 amide bonds. The van der Waals surface area contributed by atoms with Gasteiger partial charge >= 0.3 is 0 Å². The van der Waals surface area contributed by atoms with Crippen LogP contribution in [0.4, 0.5) is 0 Å². The number of hydrogen-bond acceptors (Lipinski definition) is 3. The highest BCUT2D eigenvalue weighted by atomic mass is 32.2. The van der Waals surface area contributed by atoms with Crippen molar-refractivity contribution in [2.45, 2.75) is 24.3 Å². The molecular formula is C19H19NO3S. The lowest BCUT2D eigenvalue weighted by atomic mass is 10.0. The molecule has 24 heavy (non-hydrogen) atoms. The largest absolute Gasteiger partial charge is 0.469 e. The Morgan fingerprint density at radius 1 is 0.958 bits per heavy atom. The number of benzene rings is 2. The Morgan fingerprint density at radius 3 is 2.29 bits per heavy atom. The van der Waals surface area contributed by atoms with Crippen LogP contribution in [0.1, 0.15) is 22.9 Å². The minimum absolute atomic E-state index is 0.258. The summed E-state index contributed by atoms with van der Waals surface area (Å²) in [5.41, 5.74) is 1.91. The third-order valence-electron chi connectivity index (χ3n) is 3.82. The summed E-state index contributed by atoms with van der Waals surface area (Å²) in [6, 6.07) is 19.6. The molecular weight excluding hydrogens is 322 g/mol. The van der Waals surface area contributed by atoms with Crippen molar-refractivity contribution in [3.63, 3.8) is 0 Å². The van der Waals surface area contributed by atoms with Gasteiger partial charge in [0.2, 0.25) is 10.0 Å². The molecule has 1 unspecified atom stereocenters. The fourth-order valence-electron chi connectivity index (χ4n) is 2.52. The Balaban J connectivity index is 1.89. The smallest absolute Gasteiger partial charge is 0.241 e. The molecule has 1 aromatic heterocycles. The molecule has 0 bridgehead atoms. The fraction of sp³-hybridized carbons (Fsp3) is 0.158. The molecule has 0 fully saturated rings. The zero-order valence-electron chi connectivity index (χ0n) is 13.3. The van der Waals surface area contributed by atoms with E-state index in [9.17, 15) is 8.42 Å². The van der Waals surface area contributed by atoms with E-state index in [0.29, 0.717) is 6.42 Å². The van der Waals surface area contributed by atoms with Crippen molar-refractivity contribution in [3.8, 4) is 0 Å². The summed E-state index contributed by atoms with van der Waals surface area (Å²) in [6.45, 7) is 1.92. The molecule has 0 aliphatic carbocycles. The van der Waals surface area contributed by atoms with Crippen molar-refractivity contribution in [1.29, 1.82) is 0 Å². The fourth-order valence-corrected chi connectivity index (χ4v) is 3.74. The first-order valence-electron chi connectivity index (χ1n) is 7.71. The summed E-state index contributed by atoms with van der Waals surface area (Å²) in [6.07, 6.45) is 2.04. The van der Waals surface area contributed by atoms with Crippen molar-refractivity contribution in [2.75, 3.05) is 0 Å². The van der Waals surface area contributed by atoms with Crippen molar-refractivity contribution in [2.24, 2.45) is 0 Å². The van der Waals surface area contributed by atoms with Gasteiger partial charge in [-0.1, -0.05) is 48.0 Å². The normalized spacial score (nSPS) is 12.9. The second-order valence-corrected chi connectivity index (χ2v) is 7.40. The molecule has 0 saturated heterocycles. The standard InChI is InChI=1S/C19H19NO3S/c1-15-9-11-18(12-10-15)24(21,22)20-19(14-17-8-5-13-23-17)16-6-3-2-4-7-16/h2-13,19-20H,14H2,1H3. The third kappa shape index (κ3) is 3.93. The van der Waals surface area contributed by atoms with E-state index in [4.69, 9.17) is 4.42 Å². The van der Waals surface area contributed by atoms with Crippen LogP contribution >= 0.6 is 0 Å². The molecule has 5 heteroatoms. The van der Waals surface area contributed by atoms with Crippen molar-refractivity contribution < 1.29 is 12.8 Å². The van der Waals surface area contributed by atoms with Crippen LogP contribution in [0.3, 0.4) is 0 Å². The lowest BCUT2D eigenvalue weighted by molar-refractivity contribution is 0.474. The van der Waals surface area contributed by atoms with Crippen molar-refractivity contribution in [3.05, 3.63) is 89.9 Å². The molecule has 3 aromatic rings. The zero-order valence-corrected chi connectivity index (χ0v) is 14.2. The van der Waals surface area contributed by atoms with Crippen LogP contribution in [0.25, 0.3) is 0 Å². The third-order valence-corrected chi connectivity index (χ3v) is 5.30. The van der Waals surface area contributed by atoms with Crippen molar-refractivity contribution in [1.82, 2.24) is 4.72 Å². The van der Waals surface area contributed by atoms with E-state index in [1.165, 1.54) is 0 Å². The SMILES string of the molecule is Cc1ccc(S(=O)(=O)NC(Cc2ccco2)c2ccccc2)cc1. The summed E-state index contributed by atoms with van der Waals surface area (Å²) in [7, 11) is -3.62. The number of aryl methyl sites for hydroxylation is 1. The van der Waals surface area contributed by atoms with Crippen molar-refractivity contribution >= 4 is 10.0 Å². The van der Waals surface area contributed by atoms with Gasteiger partial charge in [0.15, 0.2) is 0 Å². The van der Waals surface area contributed by atoms with Crippen LogP contribution in [-0.2, 0) is 16.4 Å². The summed E-state index contributed by atoms with van der Waals surface area (Å²) in [4.78, 5) is 0.258. The average molecular weight is 341 g/mol. The van der Waals surface area contributed by atoms with Crippen LogP contribution in [0, 0.1) is 6.92 Å². The first-order chi connectivity index (χ1) is 11.5. The highest BCUT2D eigenvalue weighted by Crippen LogP contribution is 2.22. The summed E-state index contributed by atoms with van der Waals surface area (Å²) >= 11 is 0. The molecule has 1 heterocycles. The first kappa shape index (κ1) is 16.5. The van der Waals surface area contributed by atoms with Gasteiger partial charge in [-0.2, -0.15) is 0 Å². The molecule has 1 N–H and O–H groups in total. The monoisotopic (exact) mass is 341 g/mol. The van der Waals surface area contributed by atoms with E-state index in [2.05, 4.69) is 4.72 Å². The molecule has 4 nitrogen and oxygen atoms in total. The molecule has 2 aromatic carbocycles. The van der Waals surface area contributed by atoms with E-state index in [0.717, 1.165) is 16.9 Å². The molecule has 1 atom stereocenters. The summed E-state index contributed by atoms with van der Waals surface area (Å²) < 4.78 is 33.6. The predicted molar refractivity (Wildman–Crippen MR) is 93.1 cm³/mol. The topological polar surface area (TPSA) is 59.3 Å². The van der Waals surface area contributed by atoms with Crippen LogP contribution in [0.2, 0.25) is 0 Å². The number of sulfonamides is 1. The van der Waals surface area contributed by atoms with Crippen LogP contribution in [0.15, 0.2) is 82.3 Å². The minimum Gasteiger partial charge on any atom is -0.469 e. The summed E-state index contributed by atoms with van der Waals surface area (Å²) in [5.74, 6) is 0.732. The number of nitrogens with one attached hydrogen (secondary N) is 1. The van der Waals surface area contributed by atoms with Crippen LogP contribution in [0.5, 0.6) is 0 Å². The first-order valence-corrected chi connectivity index (χ1v) is 9.19. The quantitative estimate of drug-likeness (QED) is 0.741. The van der Waals surface area contributed by atoms with Gasteiger partial charge in [0.1, 0.15) is 5.76 Å². The predicted octanol–water partition coefficient (Wildman–Crippen LogP) is 3.85. The van der Waals surface area contributed by atoms with Gasteiger partial charge in [-0.25, -0.2) is 13.1 Å². The lowest BCUT2D eigenvalue weighted by Crippen LogP contribution is -2.30.